The van der Waals surface area contributed by atoms with Crippen LogP contribution >= 0.6 is 0 Å². The van der Waals surface area contributed by atoms with Crippen LogP contribution < -0.4 is 19.7 Å². The number of amides is 2. The zero-order chi connectivity index (χ0) is 26.7. The van der Waals surface area contributed by atoms with Gasteiger partial charge in [0, 0.05) is 50.0 Å². The van der Waals surface area contributed by atoms with Crippen molar-refractivity contribution in [2.75, 3.05) is 58.6 Å². The van der Waals surface area contributed by atoms with Crippen molar-refractivity contribution in [1.82, 2.24) is 14.6 Å². The number of nitrogens with zero attached hydrogens (tertiary/aromatic N) is 4. The van der Waals surface area contributed by atoms with E-state index in [-0.39, 0.29) is 12.1 Å². The van der Waals surface area contributed by atoms with E-state index in [0.29, 0.717) is 49.8 Å². The molecule has 0 bridgehead atoms. The maximum atomic E-state index is 12.8. The molecule has 1 saturated heterocycles. The minimum absolute atomic E-state index is 0.125. The highest BCUT2D eigenvalue weighted by Gasteiger charge is 2.30. The molecule has 37 heavy (non-hydrogen) atoms. The van der Waals surface area contributed by atoms with Crippen LogP contribution in [0.1, 0.15) is 30.0 Å². The Bertz CT molecular complexity index is 1270. The standard InChI is InChI=1S/C26H35N5O5S/c1-6-20-15-19-16-23(35-3)24(36-4)17-22(19)25(28-31(20)26(32)27-2)18-7-9-21(10-8-18)29-11-13-30(14-12-29)37(5,33)34/h7-10,16-17,20H,6,11-15H2,1-5H3,(H,27,32)/t20-/m1/s1. The summed E-state index contributed by atoms with van der Waals surface area (Å²) in [6, 6.07) is 11.5. The molecule has 4 rings (SSSR count). The Labute approximate surface area is 218 Å². The second-order valence-corrected chi connectivity index (χ2v) is 11.2. The summed E-state index contributed by atoms with van der Waals surface area (Å²) >= 11 is 0. The second kappa shape index (κ2) is 11.0. The largest absolute Gasteiger partial charge is 0.493 e. The number of anilines is 1. The Hall–Kier alpha value is -3.31. The number of urea groups is 1. The summed E-state index contributed by atoms with van der Waals surface area (Å²) in [6.07, 6.45) is 2.60. The van der Waals surface area contributed by atoms with E-state index in [1.807, 2.05) is 43.3 Å². The zero-order valence-corrected chi connectivity index (χ0v) is 22.8. The number of carbonyl (C=O) groups is 1. The zero-order valence-electron chi connectivity index (χ0n) is 22.0. The summed E-state index contributed by atoms with van der Waals surface area (Å²) in [5.74, 6) is 1.23. The van der Waals surface area contributed by atoms with Crippen molar-refractivity contribution in [3.63, 3.8) is 0 Å². The van der Waals surface area contributed by atoms with Gasteiger partial charge in [0.05, 0.1) is 32.2 Å². The Morgan fingerprint density at radius 3 is 2.22 bits per heavy atom. The molecule has 1 fully saturated rings. The lowest BCUT2D eigenvalue weighted by molar-refractivity contribution is 0.177. The van der Waals surface area contributed by atoms with Crippen molar-refractivity contribution in [3.05, 3.63) is 53.1 Å². The maximum Gasteiger partial charge on any atom is 0.337 e. The summed E-state index contributed by atoms with van der Waals surface area (Å²) in [5.41, 5.74) is 4.45. The lowest BCUT2D eigenvalue weighted by Crippen LogP contribution is -2.48. The molecule has 1 atom stereocenters. The number of fused-ring (bicyclic) bond motifs is 1. The van der Waals surface area contributed by atoms with E-state index in [1.165, 1.54) is 15.6 Å². The number of rotatable bonds is 6. The van der Waals surface area contributed by atoms with Gasteiger partial charge in [0.15, 0.2) is 11.5 Å². The molecule has 0 unspecified atom stereocenters. The number of sulfonamides is 1. The molecule has 2 aliphatic heterocycles. The third-order valence-electron chi connectivity index (χ3n) is 6.98. The fourth-order valence-electron chi connectivity index (χ4n) is 4.86. The number of hydrogen-bond acceptors (Lipinski definition) is 7. The summed E-state index contributed by atoms with van der Waals surface area (Å²) in [6.45, 7) is 4.20. The molecule has 0 saturated carbocycles. The summed E-state index contributed by atoms with van der Waals surface area (Å²) in [5, 5.41) is 9.12. The maximum absolute atomic E-state index is 12.8. The first kappa shape index (κ1) is 26.7. The molecule has 11 heteroatoms. The van der Waals surface area contributed by atoms with Crippen LogP contribution in [0.25, 0.3) is 0 Å². The smallest absolute Gasteiger partial charge is 0.337 e. The van der Waals surface area contributed by atoms with Crippen LogP contribution in [0.2, 0.25) is 0 Å². The highest BCUT2D eigenvalue weighted by Crippen LogP contribution is 2.35. The third kappa shape index (κ3) is 5.52. The van der Waals surface area contributed by atoms with Gasteiger partial charge in [-0.15, -0.1) is 0 Å². The number of hydrazone groups is 1. The van der Waals surface area contributed by atoms with Gasteiger partial charge in [0.25, 0.3) is 0 Å². The fraction of sp³-hybridized carbons (Fsp3) is 0.462. The quantitative estimate of drug-likeness (QED) is 0.617. The van der Waals surface area contributed by atoms with Crippen molar-refractivity contribution in [2.45, 2.75) is 25.8 Å². The first-order chi connectivity index (χ1) is 17.7. The first-order valence-electron chi connectivity index (χ1n) is 12.4. The molecular weight excluding hydrogens is 494 g/mol. The fourth-order valence-corrected chi connectivity index (χ4v) is 5.68. The van der Waals surface area contributed by atoms with E-state index in [1.54, 1.807) is 21.3 Å². The predicted octanol–water partition coefficient (Wildman–Crippen LogP) is 2.51. The lowest BCUT2D eigenvalue weighted by atomic mass is 9.93. The van der Waals surface area contributed by atoms with Crippen molar-refractivity contribution in [2.24, 2.45) is 5.10 Å². The molecule has 2 aliphatic rings. The molecule has 0 aromatic heterocycles. The Kier molecular flexibility index (Phi) is 7.93. The van der Waals surface area contributed by atoms with Crippen LogP contribution in [0, 0.1) is 0 Å². The van der Waals surface area contributed by atoms with E-state index < -0.39 is 10.0 Å². The summed E-state index contributed by atoms with van der Waals surface area (Å²) in [4.78, 5) is 15.0. The number of methoxy groups -OCH3 is 2. The van der Waals surface area contributed by atoms with Crippen LogP contribution in [0.3, 0.4) is 0 Å². The van der Waals surface area contributed by atoms with Gasteiger partial charge in [0.1, 0.15) is 0 Å². The average Bonchev–Trinajstić information content (AvgIpc) is 3.07. The number of hydrogen-bond donors (Lipinski definition) is 1. The van der Waals surface area contributed by atoms with Gasteiger partial charge < -0.3 is 19.7 Å². The van der Waals surface area contributed by atoms with Crippen LogP contribution in [0.15, 0.2) is 41.5 Å². The topological polar surface area (TPSA) is 104 Å². The molecule has 2 amide bonds. The number of ether oxygens (including phenoxy) is 2. The molecule has 0 aliphatic carbocycles. The molecule has 1 N–H and O–H groups in total. The van der Waals surface area contributed by atoms with Crippen molar-refractivity contribution in [3.8, 4) is 11.5 Å². The molecular formula is C26H35N5O5S. The molecule has 0 spiro atoms. The minimum atomic E-state index is -3.18. The summed E-state index contributed by atoms with van der Waals surface area (Å²) < 4.78 is 36.3. The monoisotopic (exact) mass is 529 g/mol. The highest BCUT2D eigenvalue weighted by molar-refractivity contribution is 7.88. The SMILES string of the molecule is CC[C@@H]1Cc2cc(OC)c(OC)cc2C(c2ccc(N3CCN(S(C)(=O)=O)CC3)cc2)=NN1C(=O)NC. The van der Waals surface area contributed by atoms with Gasteiger partial charge in [-0.2, -0.15) is 9.41 Å². The molecule has 2 aromatic carbocycles. The predicted molar refractivity (Wildman–Crippen MR) is 144 cm³/mol. The van der Waals surface area contributed by atoms with Gasteiger partial charge in [0.2, 0.25) is 10.0 Å². The van der Waals surface area contributed by atoms with E-state index in [2.05, 4.69) is 10.2 Å². The minimum Gasteiger partial charge on any atom is -0.493 e. The van der Waals surface area contributed by atoms with Gasteiger partial charge in [-0.25, -0.2) is 18.2 Å². The van der Waals surface area contributed by atoms with Gasteiger partial charge in [-0.1, -0.05) is 19.1 Å². The highest BCUT2D eigenvalue weighted by atomic mass is 32.2. The number of nitrogens with one attached hydrogen (secondary N) is 1. The van der Waals surface area contributed by atoms with Gasteiger partial charge >= 0.3 is 6.03 Å². The van der Waals surface area contributed by atoms with Crippen molar-refractivity contribution >= 4 is 27.5 Å². The van der Waals surface area contributed by atoms with E-state index in [0.717, 1.165) is 28.8 Å². The number of benzene rings is 2. The van der Waals surface area contributed by atoms with Crippen LogP contribution in [0.5, 0.6) is 11.5 Å². The molecule has 2 heterocycles. The van der Waals surface area contributed by atoms with E-state index in [9.17, 15) is 13.2 Å². The van der Waals surface area contributed by atoms with Gasteiger partial charge in [-0.05, 0) is 42.7 Å². The normalized spacial score (nSPS) is 18.5. The average molecular weight is 530 g/mol. The Morgan fingerprint density at radius 1 is 1.05 bits per heavy atom. The van der Waals surface area contributed by atoms with Crippen LogP contribution in [-0.4, -0.2) is 89.2 Å². The lowest BCUT2D eigenvalue weighted by Gasteiger charge is -2.34. The molecule has 2 aromatic rings. The second-order valence-electron chi connectivity index (χ2n) is 9.17. The van der Waals surface area contributed by atoms with Crippen molar-refractivity contribution < 1.29 is 22.7 Å². The molecule has 200 valence electrons. The van der Waals surface area contributed by atoms with Crippen molar-refractivity contribution in [1.29, 1.82) is 0 Å². The molecule has 0 radical (unpaired) electrons. The number of piperazine rings is 1. The Balaban J connectivity index is 1.73. The third-order valence-corrected chi connectivity index (χ3v) is 8.28. The summed E-state index contributed by atoms with van der Waals surface area (Å²) in [7, 11) is 1.63. The molecule has 10 nitrogen and oxygen atoms in total. The van der Waals surface area contributed by atoms with Gasteiger partial charge in [-0.3, -0.25) is 0 Å². The van der Waals surface area contributed by atoms with E-state index >= 15 is 0 Å². The van der Waals surface area contributed by atoms with E-state index in [4.69, 9.17) is 14.6 Å². The number of carbonyl (C=O) groups excluding carboxylic acids is 1. The first-order valence-corrected chi connectivity index (χ1v) is 14.2. The van der Waals surface area contributed by atoms with Crippen LogP contribution in [-0.2, 0) is 16.4 Å². The Morgan fingerprint density at radius 2 is 1.68 bits per heavy atom. The van der Waals surface area contributed by atoms with Crippen LogP contribution in [0.4, 0.5) is 10.5 Å².